The summed E-state index contributed by atoms with van der Waals surface area (Å²) in [6, 6.07) is 8.78. The van der Waals surface area contributed by atoms with Crippen LogP contribution in [0, 0.1) is 34.1 Å². The summed E-state index contributed by atoms with van der Waals surface area (Å²) in [5, 5.41) is 25.3. The van der Waals surface area contributed by atoms with Gasteiger partial charge in [0.25, 0.3) is 11.4 Å². The van der Waals surface area contributed by atoms with Crippen molar-refractivity contribution in [2.45, 2.75) is 20.3 Å². The van der Waals surface area contributed by atoms with Crippen LogP contribution in [0.5, 0.6) is 0 Å². The fourth-order valence-corrected chi connectivity index (χ4v) is 3.06. The molecule has 134 valence electrons. The van der Waals surface area contributed by atoms with Crippen LogP contribution in [0.25, 0.3) is 10.9 Å². The molecule has 3 aromatic rings. The van der Waals surface area contributed by atoms with Gasteiger partial charge in [0.1, 0.15) is 0 Å². The Kier molecular flexibility index (Phi) is 4.57. The average molecular weight is 354 g/mol. The molecule has 8 nitrogen and oxygen atoms in total. The van der Waals surface area contributed by atoms with Crippen molar-refractivity contribution in [1.82, 2.24) is 4.98 Å². The van der Waals surface area contributed by atoms with Gasteiger partial charge in [-0.25, -0.2) is 0 Å². The van der Waals surface area contributed by atoms with Crippen LogP contribution in [-0.4, -0.2) is 21.4 Å². The second-order valence-electron chi connectivity index (χ2n) is 6.19. The van der Waals surface area contributed by atoms with Crippen LogP contribution in [0.2, 0.25) is 0 Å². The number of nitrogens with zero attached hydrogens (tertiary/aromatic N) is 2. The molecule has 0 amide bonds. The third-order valence-electron chi connectivity index (χ3n) is 4.39. The van der Waals surface area contributed by atoms with Crippen molar-refractivity contribution in [3.05, 3.63) is 73.4 Å². The number of H-pyrrole nitrogens is 1. The quantitative estimate of drug-likeness (QED) is 0.527. The van der Waals surface area contributed by atoms with Gasteiger partial charge in [-0.05, 0) is 44.0 Å². The monoisotopic (exact) mass is 354 g/mol. The summed E-state index contributed by atoms with van der Waals surface area (Å²) < 4.78 is 0. The van der Waals surface area contributed by atoms with E-state index in [1.807, 2.05) is 18.2 Å². The van der Waals surface area contributed by atoms with Crippen LogP contribution in [-0.2, 0) is 6.42 Å². The van der Waals surface area contributed by atoms with E-state index in [0.717, 1.165) is 35.1 Å². The number of anilines is 1. The van der Waals surface area contributed by atoms with Crippen LogP contribution < -0.4 is 5.32 Å². The Morgan fingerprint density at radius 1 is 0.962 bits per heavy atom. The SMILES string of the molecule is Cc1cc2c(cc1[N+](=O)[O-])NCC2.Cc1cc2cc[nH]c2cc1[N+](=O)[O-]. The summed E-state index contributed by atoms with van der Waals surface area (Å²) in [6.45, 7) is 4.40. The Bertz CT molecular complexity index is 1010. The molecule has 1 aliphatic heterocycles. The van der Waals surface area contributed by atoms with Crippen molar-refractivity contribution in [1.29, 1.82) is 0 Å². The van der Waals surface area contributed by atoms with Gasteiger partial charge in [0, 0.05) is 47.1 Å². The van der Waals surface area contributed by atoms with Crippen molar-refractivity contribution in [2.24, 2.45) is 0 Å². The van der Waals surface area contributed by atoms with Gasteiger partial charge >= 0.3 is 0 Å². The molecule has 0 saturated carbocycles. The highest BCUT2D eigenvalue weighted by Crippen LogP contribution is 2.30. The lowest BCUT2D eigenvalue weighted by atomic mass is 10.1. The molecule has 2 heterocycles. The summed E-state index contributed by atoms with van der Waals surface area (Å²) in [4.78, 5) is 23.4. The zero-order chi connectivity index (χ0) is 18.8. The number of nitro benzene ring substituents is 2. The molecule has 0 saturated heterocycles. The highest BCUT2D eigenvalue weighted by molar-refractivity contribution is 5.82. The van der Waals surface area contributed by atoms with Crippen LogP contribution >= 0.6 is 0 Å². The maximum Gasteiger partial charge on any atom is 0.274 e. The Hall–Kier alpha value is -3.42. The third-order valence-corrected chi connectivity index (χ3v) is 4.39. The van der Waals surface area contributed by atoms with Crippen molar-refractivity contribution >= 4 is 28.0 Å². The predicted molar refractivity (Wildman–Crippen MR) is 99.7 cm³/mol. The summed E-state index contributed by atoms with van der Waals surface area (Å²) in [6.07, 6.45) is 2.74. The average Bonchev–Trinajstić information content (AvgIpc) is 3.21. The number of nitro groups is 2. The zero-order valence-corrected chi connectivity index (χ0v) is 14.4. The van der Waals surface area contributed by atoms with Crippen LogP contribution in [0.3, 0.4) is 0 Å². The maximum absolute atomic E-state index is 10.6. The van der Waals surface area contributed by atoms with Gasteiger partial charge in [0.2, 0.25) is 0 Å². The van der Waals surface area contributed by atoms with E-state index in [1.54, 1.807) is 32.2 Å². The molecule has 0 atom stereocenters. The fraction of sp³-hybridized carbons (Fsp3) is 0.222. The maximum atomic E-state index is 10.6. The number of aryl methyl sites for hydroxylation is 2. The zero-order valence-electron chi connectivity index (χ0n) is 14.4. The van der Waals surface area contributed by atoms with Gasteiger partial charge in [0.05, 0.1) is 15.4 Å². The van der Waals surface area contributed by atoms with E-state index in [-0.39, 0.29) is 21.2 Å². The number of fused-ring (bicyclic) bond motifs is 2. The lowest BCUT2D eigenvalue weighted by Crippen LogP contribution is -1.94. The first-order valence-corrected chi connectivity index (χ1v) is 8.10. The summed E-state index contributed by atoms with van der Waals surface area (Å²) in [5.41, 5.74) is 4.70. The first kappa shape index (κ1) is 17.4. The number of nitrogens with one attached hydrogen (secondary N) is 2. The second kappa shape index (κ2) is 6.83. The Labute approximate surface area is 149 Å². The summed E-state index contributed by atoms with van der Waals surface area (Å²) in [7, 11) is 0. The smallest absolute Gasteiger partial charge is 0.274 e. The van der Waals surface area contributed by atoms with Gasteiger partial charge < -0.3 is 10.3 Å². The minimum absolute atomic E-state index is 0.162. The Balaban J connectivity index is 0.000000151. The number of benzene rings is 2. The number of aromatic nitrogens is 1. The largest absolute Gasteiger partial charge is 0.384 e. The van der Waals surface area contributed by atoms with Crippen LogP contribution in [0.1, 0.15) is 16.7 Å². The van der Waals surface area contributed by atoms with Gasteiger partial charge in [0.15, 0.2) is 0 Å². The molecule has 4 rings (SSSR count). The molecule has 8 heteroatoms. The van der Waals surface area contributed by atoms with E-state index in [0.29, 0.717) is 5.56 Å². The summed E-state index contributed by atoms with van der Waals surface area (Å²) in [5.74, 6) is 0. The molecule has 0 aliphatic carbocycles. The molecule has 0 radical (unpaired) electrons. The Morgan fingerprint density at radius 2 is 1.62 bits per heavy atom. The van der Waals surface area contributed by atoms with Gasteiger partial charge in [-0.1, -0.05) is 0 Å². The molecule has 1 aliphatic rings. The van der Waals surface area contributed by atoms with E-state index in [9.17, 15) is 20.2 Å². The van der Waals surface area contributed by atoms with E-state index in [4.69, 9.17) is 0 Å². The molecule has 2 N–H and O–H groups in total. The van der Waals surface area contributed by atoms with Crippen molar-refractivity contribution < 1.29 is 9.85 Å². The van der Waals surface area contributed by atoms with E-state index < -0.39 is 0 Å². The van der Waals surface area contributed by atoms with Crippen molar-refractivity contribution in [3.63, 3.8) is 0 Å². The Morgan fingerprint density at radius 3 is 2.31 bits per heavy atom. The number of hydrogen-bond acceptors (Lipinski definition) is 5. The molecule has 1 aromatic heterocycles. The third kappa shape index (κ3) is 3.34. The molecule has 0 spiro atoms. The van der Waals surface area contributed by atoms with Gasteiger partial charge in [-0.2, -0.15) is 0 Å². The first-order valence-electron chi connectivity index (χ1n) is 8.10. The molecular formula is C18H18N4O4. The van der Waals surface area contributed by atoms with Gasteiger partial charge in [-0.3, -0.25) is 20.2 Å². The lowest BCUT2D eigenvalue weighted by Gasteiger charge is -2.01. The van der Waals surface area contributed by atoms with Gasteiger partial charge in [-0.15, -0.1) is 0 Å². The number of hydrogen-bond donors (Lipinski definition) is 2. The molecule has 0 unspecified atom stereocenters. The second-order valence-corrected chi connectivity index (χ2v) is 6.19. The minimum Gasteiger partial charge on any atom is -0.384 e. The van der Waals surface area contributed by atoms with E-state index in [1.165, 1.54) is 5.56 Å². The van der Waals surface area contributed by atoms with Crippen molar-refractivity contribution in [2.75, 3.05) is 11.9 Å². The lowest BCUT2D eigenvalue weighted by molar-refractivity contribution is -0.385. The van der Waals surface area contributed by atoms with E-state index >= 15 is 0 Å². The fourth-order valence-electron chi connectivity index (χ4n) is 3.06. The number of rotatable bonds is 2. The summed E-state index contributed by atoms with van der Waals surface area (Å²) >= 11 is 0. The molecule has 0 fully saturated rings. The van der Waals surface area contributed by atoms with E-state index in [2.05, 4.69) is 10.3 Å². The molecular weight excluding hydrogens is 336 g/mol. The normalized spacial score (nSPS) is 12.1. The van der Waals surface area contributed by atoms with Crippen LogP contribution in [0.15, 0.2) is 36.5 Å². The number of aromatic amines is 1. The highest BCUT2D eigenvalue weighted by atomic mass is 16.6. The topological polar surface area (TPSA) is 114 Å². The first-order chi connectivity index (χ1) is 12.4. The minimum atomic E-state index is -0.365. The van der Waals surface area contributed by atoms with Crippen molar-refractivity contribution in [3.8, 4) is 0 Å². The molecule has 0 bridgehead atoms. The van der Waals surface area contributed by atoms with Crippen LogP contribution in [0.4, 0.5) is 17.1 Å². The molecule has 26 heavy (non-hydrogen) atoms. The highest BCUT2D eigenvalue weighted by Gasteiger charge is 2.17. The predicted octanol–water partition coefficient (Wildman–Crippen LogP) is 4.26. The molecule has 2 aromatic carbocycles. The standard InChI is InChI=1S/C9H10N2O2.C9H8N2O2/c2*1-6-4-7-2-3-10-8(7)5-9(6)11(12)13/h4-5,10H,2-3H2,1H3;2-5,10H,1H3.